The molecular formula is C11H24N4O. The van der Waals surface area contributed by atoms with Gasteiger partial charge >= 0.3 is 0 Å². The van der Waals surface area contributed by atoms with Gasteiger partial charge in [-0.15, -0.1) is 0 Å². The van der Waals surface area contributed by atoms with Gasteiger partial charge in [0.05, 0.1) is 0 Å². The summed E-state index contributed by atoms with van der Waals surface area (Å²) in [5.74, 6) is 6.10. The van der Waals surface area contributed by atoms with Crippen LogP contribution in [0.2, 0.25) is 0 Å². The van der Waals surface area contributed by atoms with Crippen LogP contribution >= 0.6 is 0 Å². The number of hydrogen-bond acceptors (Lipinski definition) is 4. The van der Waals surface area contributed by atoms with E-state index in [0.717, 1.165) is 25.3 Å². The molecule has 16 heavy (non-hydrogen) atoms. The van der Waals surface area contributed by atoms with Crippen molar-refractivity contribution in [1.29, 1.82) is 0 Å². The van der Waals surface area contributed by atoms with Crippen LogP contribution in [0.3, 0.4) is 0 Å². The monoisotopic (exact) mass is 228 g/mol. The number of likely N-dealkylation sites (tertiary alicyclic amines) is 1. The first-order chi connectivity index (χ1) is 7.63. The van der Waals surface area contributed by atoms with Crippen LogP contribution in [0, 0.1) is 5.92 Å². The van der Waals surface area contributed by atoms with Crippen LogP contribution in [0.4, 0.5) is 0 Å². The van der Waals surface area contributed by atoms with Crippen molar-refractivity contribution in [3.05, 3.63) is 0 Å². The number of rotatable bonds is 4. The minimum Gasteiger partial charge on any atom is -0.339 e. The van der Waals surface area contributed by atoms with Gasteiger partial charge in [0.25, 0.3) is 0 Å². The fraction of sp³-hybridized carbons (Fsp3) is 0.909. The molecule has 5 heteroatoms. The third-order valence-corrected chi connectivity index (χ3v) is 3.58. The van der Waals surface area contributed by atoms with E-state index in [1.165, 1.54) is 6.42 Å². The molecule has 0 radical (unpaired) electrons. The summed E-state index contributed by atoms with van der Waals surface area (Å²) < 4.78 is 0. The minimum atomic E-state index is -0.444. The highest BCUT2D eigenvalue weighted by atomic mass is 16.2. The van der Waals surface area contributed by atoms with Crippen LogP contribution in [-0.2, 0) is 4.79 Å². The first kappa shape index (κ1) is 13.4. The van der Waals surface area contributed by atoms with Gasteiger partial charge in [-0.05, 0) is 25.7 Å². The summed E-state index contributed by atoms with van der Waals surface area (Å²) in [6.07, 6.45) is 3.38. The third kappa shape index (κ3) is 2.93. The Morgan fingerprint density at radius 2 is 2.31 bits per heavy atom. The van der Waals surface area contributed by atoms with Gasteiger partial charge in [-0.25, -0.2) is 5.43 Å². The van der Waals surface area contributed by atoms with E-state index in [1.807, 2.05) is 4.90 Å². The van der Waals surface area contributed by atoms with Gasteiger partial charge in [0.2, 0.25) is 5.91 Å². The molecule has 3 atom stereocenters. The highest BCUT2D eigenvalue weighted by molar-refractivity contribution is 5.82. The number of nitrogens with zero attached hydrogens (tertiary/aromatic N) is 1. The van der Waals surface area contributed by atoms with Crippen molar-refractivity contribution >= 4 is 5.91 Å². The van der Waals surface area contributed by atoms with Crippen LogP contribution in [0.1, 0.15) is 33.1 Å². The quantitative estimate of drug-likeness (QED) is 0.460. The predicted octanol–water partition coefficient (Wildman–Crippen LogP) is -0.186. The largest absolute Gasteiger partial charge is 0.339 e. The van der Waals surface area contributed by atoms with Gasteiger partial charge in [-0.2, -0.15) is 0 Å². The molecule has 1 amide bonds. The van der Waals surface area contributed by atoms with Crippen molar-refractivity contribution in [2.75, 3.05) is 13.1 Å². The number of piperidine rings is 1. The Kier molecular flexibility index (Phi) is 5.18. The maximum Gasteiger partial charge on any atom is 0.242 e. The molecule has 1 rings (SSSR count). The Bertz CT molecular complexity index is 230. The average Bonchev–Trinajstić information content (AvgIpc) is 2.30. The number of carbonyl (C=O) groups excluding carboxylic acids is 1. The lowest BCUT2D eigenvalue weighted by Crippen LogP contribution is -2.56. The second-order valence-electron chi connectivity index (χ2n) is 4.63. The molecule has 3 unspecified atom stereocenters. The second kappa shape index (κ2) is 6.18. The van der Waals surface area contributed by atoms with Gasteiger partial charge in [0, 0.05) is 19.1 Å². The van der Waals surface area contributed by atoms with Crippen molar-refractivity contribution in [3.8, 4) is 0 Å². The van der Waals surface area contributed by atoms with Gasteiger partial charge in [-0.3, -0.25) is 10.6 Å². The molecule has 1 fully saturated rings. The standard InChI is InChI=1S/C11H24N4O/c1-3-9-4-5-15(8(2)6-9)11(16)10(7-12)14-13/h8-10,14H,3-7,12-13H2,1-2H3. The zero-order valence-corrected chi connectivity index (χ0v) is 10.3. The summed E-state index contributed by atoms with van der Waals surface area (Å²) in [5, 5.41) is 0. The second-order valence-corrected chi connectivity index (χ2v) is 4.63. The maximum absolute atomic E-state index is 12.1. The molecule has 0 bridgehead atoms. The maximum atomic E-state index is 12.1. The SMILES string of the molecule is CCC1CCN(C(=O)C(CN)NN)C(C)C1. The number of nitrogens with two attached hydrogens (primary N) is 2. The Morgan fingerprint density at radius 1 is 1.62 bits per heavy atom. The number of hydrogen-bond donors (Lipinski definition) is 3. The molecule has 0 saturated carbocycles. The fourth-order valence-electron chi connectivity index (χ4n) is 2.41. The lowest BCUT2D eigenvalue weighted by Gasteiger charge is -2.39. The predicted molar refractivity (Wildman–Crippen MR) is 64.4 cm³/mol. The zero-order chi connectivity index (χ0) is 12.1. The van der Waals surface area contributed by atoms with E-state index in [-0.39, 0.29) is 12.5 Å². The molecule has 1 saturated heterocycles. The molecular weight excluding hydrogens is 204 g/mol. The first-order valence-electron chi connectivity index (χ1n) is 6.10. The molecule has 1 heterocycles. The fourth-order valence-corrected chi connectivity index (χ4v) is 2.41. The molecule has 0 aromatic rings. The first-order valence-corrected chi connectivity index (χ1v) is 6.10. The highest BCUT2D eigenvalue weighted by Crippen LogP contribution is 2.25. The van der Waals surface area contributed by atoms with Crippen molar-refractivity contribution < 1.29 is 4.79 Å². The normalized spacial score (nSPS) is 27.9. The minimum absolute atomic E-state index is 0.0343. The smallest absolute Gasteiger partial charge is 0.242 e. The van der Waals surface area contributed by atoms with E-state index < -0.39 is 6.04 Å². The van der Waals surface area contributed by atoms with Crippen LogP contribution in [0.5, 0.6) is 0 Å². The van der Waals surface area contributed by atoms with E-state index in [9.17, 15) is 4.79 Å². The third-order valence-electron chi connectivity index (χ3n) is 3.58. The lowest BCUT2D eigenvalue weighted by molar-refractivity contribution is -0.137. The summed E-state index contributed by atoms with van der Waals surface area (Å²) in [6, 6.07) is -0.144. The number of carbonyl (C=O) groups is 1. The highest BCUT2D eigenvalue weighted by Gasteiger charge is 2.30. The Balaban J connectivity index is 2.57. The Morgan fingerprint density at radius 3 is 2.75 bits per heavy atom. The van der Waals surface area contributed by atoms with Crippen molar-refractivity contribution in [2.24, 2.45) is 17.5 Å². The molecule has 0 spiro atoms. The van der Waals surface area contributed by atoms with E-state index >= 15 is 0 Å². The summed E-state index contributed by atoms with van der Waals surface area (Å²) in [4.78, 5) is 14.0. The van der Waals surface area contributed by atoms with Gasteiger partial charge in [0.1, 0.15) is 6.04 Å². The van der Waals surface area contributed by atoms with Crippen LogP contribution in [-0.4, -0.2) is 36.0 Å². The molecule has 0 aliphatic carbocycles. The van der Waals surface area contributed by atoms with Gasteiger partial charge < -0.3 is 10.6 Å². The van der Waals surface area contributed by atoms with E-state index in [1.54, 1.807) is 0 Å². The Hall–Kier alpha value is -0.650. The van der Waals surface area contributed by atoms with Gasteiger partial charge in [0.15, 0.2) is 0 Å². The van der Waals surface area contributed by atoms with E-state index in [2.05, 4.69) is 19.3 Å². The molecule has 0 aromatic heterocycles. The van der Waals surface area contributed by atoms with Crippen molar-refractivity contribution in [2.45, 2.75) is 45.2 Å². The van der Waals surface area contributed by atoms with Crippen LogP contribution in [0.25, 0.3) is 0 Å². The van der Waals surface area contributed by atoms with E-state index in [4.69, 9.17) is 11.6 Å². The molecule has 1 aliphatic heterocycles. The zero-order valence-electron chi connectivity index (χ0n) is 10.3. The molecule has 0 aromatic carbocycles. The summed E-state index contributed by atoms with van der Waals surface area (Å²) >= 11 is 0. The lowest BCUT2D eigenvalue weighted by atomic mass is 9.89. The van der Waals surface area contributed by atoms with Crippen molar-refractivity contribution in [1.82, 2.24) is 10.3 Å². The summed E-state index contributed by atoms with van der Waals surface area (Å²) in [7, 11) is 0. The van der Waals surface area contributed by atoms with E-state index in [0.29, 0.717) is 6.04 Å². The van der Waals surface area contributed by atoms with Crippen LogP contribution in [0.15, 0.2) is 0 Å². The number of hydrazine groups is 1. The Labute approximate surface area is 97.5 Å². The summed E-state index contributed by atoms with van der Waals surface area (Å²) in [5.41, 5.74) is 7.98. The molecule has 5 nitrogen and oxygen atoms in total. The average molecular weight is 228 g/mol. The molecule has 5 N–H and O–H groups in total. The molecule has 94 valence electrons. The van der Waals surface area contributed by atoms with Gasteiger partial charge in [-0.1, -0.05) is 13.3 Å². The summed E-state index contributed by atoms with van der Waals surface area (Å²) in [6.45, 7) is 5.38. The number of amides is 1. The molecule has 1 aliphatic rings. The van der Waals surface area contributed by atoms with Crippen molar-refractivity contribution in [3.63, 3.8) is 0 Å². The number of nitrogens with one attached hydrogen (secondary N) is 1. The van der Waals surface area contributed by atoms with Crippen LogP contribution < -0.4 is 17.0 Å². The topological polar surface area (TPSA) is 84.4 Å².